The van der Waals surface area contributed by atoms with E-state index in [4.69, 9.17) is 0 Å². The highest BCUT2D eigenvalue weighted by Gasteiger charge is 2.44. The van der Waals surface area contributed by atoms with Gasteiger partial charge in [0.25, 0.3) is 5.91 Å². The highest BCUT2D eigenvalue weighted by atomic mass is 16.5. The normalized spacial score (nSPS) is 16.3. The zero-order chi connectivity index (χ0) is 22.0. The molecule has 2 aromatic rings. The largest absolute Gasteiger partial charge is 0.508 e. The summed E-state index contributed by atoms with van der Waals surface area (Å²) in [6.07, 6.45) is 0. The lowest BCUT2D eigenvalue weighted by Gasteiger charge is -2.27. The fourth-order valence-corrected chi connectivity index (χ4v) is 3.48. The van der Waals surface area contributed by atoms with Gasteiger partial charge in [-0.3, -0.25) is 9.59 Å². The smallest absolute Gasteiger partial charge is 0.337 e. The number of benzene rings is 2. The zero-order valence-corrected chi connectivity index (χ0v) is 17.0. The Morgan fingerprint density at radius 2 is 1.77 bits per heavy atom. The molecule has 1 amide bonds. The zero-order valence-electron chi connectivity index (χ0n) is 17.0. The number of esters is 1. The highest BCUT2D eigenvalue weighted by Crippen LogP contribution is 2.40. The third-order valence-corrected chi connectivity index (χ3v) is 5.01. The standard InChI is InChI=1S/C23H23NO6/c1-13(2)20(26)18-19(16-5-4-6-17(25)11-16)24(22(28)21(18)27)12-14-7-9-15(10-8-14)23(29)30-3/h4-11,13,19,25,27H,12H2,1-3H3. The molecule has 7 heteroatoms. The molecule has 0 aromatic heterocycles. The topological polar surface area (TPSA) is 104 Å². The van der Waals surface area contributed by atoms with Crippen molar-refractivity contribution in [2.75, 3.05) is 7.11 Å². The van der Waals surface area contributed by atoms with Crippen LogP contribution in [0.1, 0.15) is 41.4 Å². The molecule has 156 valence electrons. The average molecular weight is 409 g/mol. The third-order valence-electron chi connectivity index (χ3n) is 5.01. The molecule has 1 aliphatic heterocycles. The maximum Gasteiger partial charge on any atom is 0.337 e. The second-order valence-electron chi connectivity index (χ2n) is 7.40. The van der Waals surface area contributed by atoms with E-state index in [1.165, 1.54) is 24.1 Å². The predicted octanol–water partition coefficient (Wildman–Crippen LogP) is 3.30. The Morgan fingerprint density at radius 3 is 2.33 bits per heavy atom. The summed E-state index contributed by atoms with van der Waals surface area (Å²) >= 11 is 0. The Morgan fingerprint density at radius 1 is 1.10 bits per heavy atom. The summed E-state index contributed by atoms with van der Waals surface area (Å²) in [5.74, 6) is -2.48. The molecule has 0 spiro atoms. The van der Waals surface area contributed by atoms with Crippen LogP contribution in [0.2, 0.25) is 0 Å². The van der Waals surface area contributed by atoms with Crippen LogP contribution in [-0.2, 0) is 20.9 Å². The van der Waals surface area contributed by atoms with Crippen molar-refractivity contribution in [2.24, 2.45) is 5.92 Å². The van der Waals surface area contributed by atoms with Gasteiger partial charge in [-0.05, 0) is 35.4 Å². The molecular weight excluding hydrogens is 386 g/mol. The number of Topliss-reactive ketones (excluding diaryl/α,β-unsaturated/α-hetero) is 1. The van der Waals surface area contributed by atoms with E-state index in [1.54, 1.807) is 50.2 Å². The number of hydrogen-bond acceptors (Lipinski definition) is 6. The molecule has 0 radical (unpaired) electrons. The number of methoxy groups -OCH3 is 1. The lowest BCUT2D eigenvalue weighted by Crippen LogP contribution is -2.31. The fourth-order valence-electron chi connectivity index (χ4n) is 3.48. The van der Waals surface area contributed by atoms with Gasteiger partial charge in [-0.15, -0.1) is 0 Å². The maximum atomic E-state index is 12.9. The van der Waals surface area contributed by atoms with Crippen LogP contribution in [0.15, 0.2) is 59.9 Å². The molecule has 0 saturated heterocycles. The quantitative estimate of drug-likeness (QED) is 0.710. The minimum atomic E-state index is -0.834. The number of nitrogens with zero attached hydrogens (tertiary/aromatic N) is 1. The van der Waals surface area contributed by atoms with Gasteiger partial charge in [0.15, 0.2) is 11.5 Å². The molecule has 2 N–H and O–H groups in total. The maximum absolute atomic E-state index is 12.9. The number of carbonyl (C=O) groups is 3. The molecule has 7 nitrogen and oxygen atoms in total. The Balaban J connectivity index is 2.01. The van der Waals surface area contributed by atoms with Gasteiger partial charge in [0.1, 0.15) is 5.75 Å². The number of aromatic hydroxyl groups is 1. The number of hydrogen-bond donors (Lipinski definition) is 2. The Bertz CT molecular complexity index is 1020. The summed E-state index contributed by atoms with van der Waals surface area (Å²) in [6.45, 7) is 3.49. The SMILES string of the molecule is COC(=O)c1ccc(CN2C(=O)C(O)=C(C(=O)C(C)C)C2c2cccc(O)c2)cc1. The number of carbonyl (C=O) groups excluding carboxylic acids is 3. The first-order valence-electron chi connectivity index (χ1n) is 9.49. The van der Waals surface area contributed by atoms with Crippen LogP contribution in [0.4, 0.5) is 0 Å². The minimum Gasteiger partial charge on any atom is -0.508 e. The highest BCUT2D eigenvalue weighted by molar-refractivity contribution is 6.09. The van der Waals surface area contributed by atoms with Gasteiger partial charge in [0, 0.05) is 12.5 Å². The number of phenolic OH excluding ortho intramolecular Hbond substituents is 1. The van der Waals surface area contributed by atoms with Crippen molar-refractivity contribution in [3.63, 3.8) is 0 Å². The average Bonchev–Trinajstić information content (AvgIpc) is 2.98. The first kappa shape index (κ1) is 21.1. The van der Waals surface area contributed by atoms with Crippen molar-refractivity contribution >= 4 is 17.7 Å². The number of ketones is 1. The van der Waals surface area contributed by atoms with Crippen molar-refractivity contribution in [3.05, 3.63) is 76.6 Å². The molecular formula is C23H23NO6. The van der Waals surface area contributed by atoms with Gasteiger partial charge < -0.3 is 19.8 Å². The molecule has 2 aromatic carbocycles. The van der Waals surface area contributed by atoms with Crippen LogP contribution in [0.3, 0.4) is 0 Å². The van der Waals surface area contributed by atoms with Crippen LogP contribution in [0, 0.1) is 5.92 Å². The summed E-state index contributed by atoms with van der Waals surface area (Å²) in [7, 11) is 1.29. The number of aliphatic hydroxyl groups excluding tert-OH is 1. The molecule has 30 heavy (non-hydrogen) atoms. The predicted molar refractivity (Wildman–Crippen MR) is 109 cm³/mol. The van der Waals surface area contributed by atoms with Gasteiger partial charge >= 0.3 is 5.97 Å². The number of rotatable bonds is 6. The first-order valence-corrected chi connectivity index (χ1v) is 9.49. The lowest BCUT2D eigenvalue weighted by atomic mass is 9.91. The lowest BCUT2D eigenvalue weighted by molar-refractivity contribution is -0.130. The van der Waals surface area contributed by atoms with Crippen LogP contribution in [0.5, 0.6) is 5.75 Å². The monoisotopic (exact) mass is 409 g/mol. The second kappa shape index (κ2) is 8.41. The third kappa shape index (κ3) is 3.91. The van der Waals surface area contributed by atoms with Gasteiger partial charge in [0.2, 0.25) is 0 Å². The van der Waals surface area contributed by atoms with Crippen LogP contribution < -0.4 is 0 Å². The number of amides is 1. The summed E-state index contributed by atoms with van der Waals surface area (Å²) < 4.78 is 4.69. The second-order valence-corrected chi connectivity index (χ2v) is 7.40. The van der Waals surface area contributed by atoms with Crippen molar-refractivity contribution in [1.82, 2.24) is 4.90 Å². The number of phenols is 1. The van der Waals surface area contributed by atoms with Crippen LogP contribution in [0.25, 0.3) is 0 Å². The molecule has 3 rings (SSSR count). The van der Waals surface area contributed by atoms with Gasteiger partial charge in [-0.25, -0.2) is 4.79 Å². The Labute approximate surface area is 174 Å². The van der Waals surface area contributed by atoms with Gasteiger partial charge in [-0.2, -0.15) is 0 Å². The Kier molecular flexibility index (Phi) is 5.91. The van der Waals surface area contributed by atoms with Crippen molar-refractivity contribution in [3.8, 4) is 5.75 Å². The van der Waals surface area contributed by atoms with E-state index in [1.807, 2.05) is 0 Å². The fraction of sp³-hybridized carbons (Fsp3) is 0.261. The van der Waals surface area contributed by atoms with Crippen molar-refractivity contribution in [1.29, 1.82) is 0 Å². The molecule has 1 heterocycles. The van der Waals surface area contributed by atoms with Crippen LogP contribution in [-0.4, -0.2) is 39.9 Å². The van der Waals surface area contributed by atoms with E-state index in [-0.39, 0.29) is 23.7 Å². The van der Waals surface area contributed by atoms with Gasteiger partial charge in [0.05, 0.1) is 24.3 Å². The van der Waals surface area contributed by atoms with E-state index >= 15 is 0 Å². The van der Waals surface area contributed by atoms with E-state index in [0.29, 0.717) is 16.7 Å². The number of aliphatic hydroxyl groups is 1. The summed E-state index contributed by atoms with van der Waals surface area (Å²) in [5.41, 5.74) is 1.61. The summed E-state index contributed by atoms with van der Waals surface area (Å²) in [6, 6.07) is 12.0. The van der Waals surface area contributed by atoms with Crippen LogP contribution >= 0.6 is 0 Å². The molecule has 1 aliphatic rings. The van der Waals surface area contributed by atoms with Crippen molar-refractivity contribution in [2.45, 2.75) is 26.4 Å². The first-order chi connectivity index (χ1) is 14.2. The van der Waals surface area contributed by atoms with E-state index in [9.17, 15) is 24.6 Å². The van der Waals surface area contributed by atoms with E-state index < -0.39 is 29.6 Å². The molecule has 1 atom stereocenters. The molecule has 0 aliphatic carbocycles. The number of ether oxygens (including phenoxy) is 1. The van der Waals surface area contributed by atoms with E-state index in [2.05, 4.69) is 4.74 Å². The molecule has 0 saturated carbocycles. The molecule has 0 fully saturated rings. The minimum absolute atomic E-state index is 0.00920. The summed E-state index contributed by atoms with van der Waals surface area (Å²) in [5, 5.41) is 20.4. The van der Waals surface area contributed by atoms with Crippen molar-refractivity contribution < 1.29 is 29.3 Å². The molecule has 0 bridgehead atoms. The summed E-state index contributed by atoms with van der Waals surface area (Å²) in [4.78, 5) is 38.7. The molecule has 1 unspecified atom stereocenters. The van der Waals surface area contributed by atoms with Gasteiger partial charge in [-0.1, -0.05) is 38.1 Å². The Hall–Kier alpha value is -3.61. The van der Waals surface area contributed by atoms with E-state index in [0.717, 1.165) is 0 Å².